The smallest absolute Gasteiger partial charge is 0.140 e. The Balaban J connectivity index is 2.01. The predicted molar refractivity (Wildman–Crippen MR) is 67.5 cm³/mol. The van der Waals surface area contributed by atoms with Crippen LogP contribution >= 0.6 is 0 Å². The van der Waals surface area contributed by atoms with Crippen LogP contribution in [0.2, 0.25) is 0 Å². The van der Waals surface area contributed by atoms with Crippen LogP contribution in [0.4, 0.5) is 0 Å². The van der Waals surface area contributed by atoms with Crippen molar-refractivity contribution in [3.63, 3.8) is 0 Å². The molecule has 1 aromatic heterocycles. The van der Waals surface area contributed by atoms with Gasteiger partial charge in [0.25, 0.3) is 0 Å². The lowest BCUT2D eigenvalue weighted by Crippen LogP contribution is -2.01. The normalized spacial score (nSPS) is 10.9. The van der Waals surface area contributed by atoms with Crippen LogP contribution in [0.3, 0.4) is 0 Å². The van der Waals surface area contributed by atoms with Gasteiger partial charge in [-0.25, -0.2) is 8.42 Å². The van der Waals surface area contributed by atoms with Crippen molar-refractivity contribution in [1.29, 1.82) is 0 Å². The van der Waals surface area contributed by atoms with Crippen molar-refractivity contribution in [3.8, 4) is 11.1 Å². The van der Waals surface area contributed by atoms with Gasteiger partial charge < -0.3 is 0 Å². The Morgan fingerprint density at radius 1 is 1.12 bits per heavy atom. The van der Waals surface area contributed by atoms with Gasteiger partial charge in [0.15, 0.2) is 0 Å². The van der Waals surface area contributed by atoms with E-state index >= 15 is 0 Å². The lowest BCUT2D eigenvalue weighted by atomic mass is 10.1. The summed E-state index contributed by atoms with van der Waals surface area (Å²) >= 11 is 0. The van der Waals surface area contributed by atoms with Crippen LogP contribution in [-0.2, 0) is 17.2 Å². The monoisotopic (exact) mass is 250 g/mol. The molecule has 0 saturated carbocycles. The van der Waals surface area contributed by atoms with E-state index in [0.29, 0.717) is 13.0 Å². The van der Waals surface area contributed by atoms with Crippen LogP contribution in [0.5, 0.6) is 0 Å². The molecule has 5 heteroatoms. The summed E-state index contributed by atoms with van der Waals surface area (Å²) in [6.07, 6.45) is 4.34. The largest absolute Gasteiger partial charge is 0.272 e. The topological polar surface area (TPSA) is 52.0 Å². The zero-order chi connectivity index (χ0) is 12.1. The quantitative estimate of drug-likeness (QED) is 0.819. The summed E-state index contributed by atoms with van der Waals surface area (Å²) in [5, 5.41) is 4.21. The van der Waals surface area contributed by atoms with Gasteiger partial charge in [-0.1, -0.05) is 30.3 Å². The second-order valence-corrected chi connectivity index (χ2v) is 4.88. The lowest BCUT2D eigenvalue weighted by molar-refractivity contribution is 0.584. The van der Waals surface area contributed by atoms with Crippen molar-refractivity contribution in [1.82, 2.24) is 9.78 Å². The molecule has 0 N–H and O–H groups in total. The summed E-state index contributed by atoms with van der Waals surface area (Å²) in [7, 11) is -2.27. The van der Waals surface area contributed by atoms with Gasteiger partial charge >= 0.3 is 0 Å². The SMILES string of the molecule is O=[SH](=O)CCCn1cc(-c2ccccc2)cn1. The number of thiol groups is 1. The molecular weight excluding hydrogens is 236 g/mol. The van der Waals surface area contributed by atoms with E-state index in [4.69, 9.17) is 0 Å². The van der Waals surface area contributed by atoms with Gasteiger partial charge in [-0.15, -0.1) is 0 Å². The summed E-state index contributed by atoms with van der Waals surface area (Å²) in [5.74, 6) is 0.218. The summed E-state index contributed by atoms with van der Waals surface area (Å²) in [6, 6.07) is 9.98. The van der Waals surface area contributed by atoms with Crippen molar-refractivity contribution in [2.24, 2.45) is 0 Å². The average molecular weight is 250 g/mol. The van der Waals surface area contributed by atoms with Crippen LogP contribution in [0.25, 0.3) is 11.1 Å². The number of hydrogen-bond donors (Lipinski definition) is 1. The minimum Gasteiger partial charge on any atom is -0.272 e. The maximum atomic E-state index is 10.4. The van der Waals surface area contributed by atoms with E-state index in [1.54, 1.807) is 10.9 Å². The first kappa shape index (κ1) is 11.9. The highest BCUT2D eigenvalue weighted by atomic mass is 32.2. The first-order chi connectivity index (χ1) is 8.25. The van der Waals surface area contributed by atoms with Crippen LogP contribution in [-0.4, -0.2) is 24.0 Å². The highest BCUT2D eigenvalue weighted by Crippen LogP contribution is 2.17. The van der Waals surface area contributed by atoms with Gasteiger partial charge in [0.2, 0.25) is 0 Å². The molecule has 1 aromatic carbocycles. The maximum Gasteiger partial charge on any atom is 0.140 e. The van der Waals surface area contributed by atoms with Gasteiger partial charge in [-0.3, -0.25) is 4.68 Å². The van der Waals surface area contributed by atoms with Crippen LogP contribution in [0.1, 0.15) is 6.42 Å². The third-order valence-electron chi connectivity index (χ3n) is 2.47. The molecule has 17 heavy (non-hydrogen) atoms. The number of hydrogen-bond acceptors (Lipinski definition) is 3. The van der Waals surface area contributed by atoms with E-state index in [1.807, 2.05) is 36.5 Å². The van der Waals surface area contributed by atoms with E-state index in [2.05, 4.69) is 5.10 Å². The molecule has 0 unspecified atom stereocenters. The molecule has 0 spiro atoms. The number of nitrogens with zero attached hydrogens (tertiary/aromatic N) is 2. The zero-order valence-electron chi connectivity index (χ0n) is 9.32. The number of rotatable bonds is 5. The van der Waals surface area contributed by atoms with E-state index in [-0.39, 0.29) is 5.75 Å². The van der Waals surface area contributed by atoms with E-state index in [9.17, 15) is 8.42 Å². The fourth-order valence-corrected chi connectivity index (χ4v) is 2.03. The third-order valence-corrected chi connectivity index (χ3v) is 3.15. The number of benzene rings is 1. The van der Waals surface area contributed by atoms with E-state index in [1.165, 1.54) is 0 Å². The summed E-state index contributed by atoms with van der Waals surface area (Å²) in [5.41, 5.74) is 2.17. The van der Waals surface area contributed by atoms with Crippen molar-refractivity contribution in [3.05, 3.63) is 42.7 Å². The molecular formula is C12H14N2O2S. The molecule has 0 atom stereocenters. The Hall–Kier alpha value is -1.62. The Kier molecular flexibility index (Phi) is 3.93. The first-order valence-corrected chi connectivity index (χ1v) is 6.81. The highest BCUT2D eigenvalue weighted by Gasteiger charge is 2.00. The molecule has 0 saturated heterocycles. The second kappa shape index (κ2) is 5.63. The number of aromatic nitrogens is 2. The van der Waals surface area contributed by atoms with Crippen molar-refractivity contribution < 1.29 is 8.42 Å². The molecule has 0 bridgehead atoms. The Morgan fingerprint density at radius 3 is 2.59 bits per heavy atom. The summed E-state index contributed by atoms with van der Waals surface area (Å²) in [6.45, 7) is 0.635. The second-order valence-electron chi connectivity index (χ2n) is 3.77. The van der Waals surface area contributed by atoms with Gasteiger partial charge in [-0.05, 0) is 12.0 Å². The maximum absolute atomic E-state index is 10.4. The van der Waals surface area contributed by atoms with Crippen molar-refractivity contribution in [2.75, 3.05) is 5.75 Å². The van der Waals surface area contributed by atoms with Crippen LogP contribution in [0.15, 0.2) is 42.7 Å². The van der Waals surface area contributed by atoms with Crippen molar-refractivity contribution >= 4 is 10.7 Å². The van der Waals surface area contributed by atoms with E-state index < -0.39 is 10.7 Å². The Bertz CT molecular complexity index is 539. The molecule has 2 rings (SSSR count). The minimum absolute atomic E-state index is 0.218. The molecule has 90 valence electrons. The van der Waals surface area contributed by atoms with Crippen LogP contribution in [0, 0.1) is 0 Å². The molecule has 0 aliphatic rings. The summed E-state index contributed by atoms with van der Waals surface area (Å²) < 4.78 is 22.6. The predicted octanol–water partition coefficient (Wildman–Crippen LogP) is 1.55. The first-order valence-electron chi connectivity index (χ1n) is 5.45. The Morgan fingerprint density at radius 2 is 1.88 bits per heavy atom. The lowest BCUT2D eigenvalue weighted by Gasteiger charge is -1.97. The zero-order valence-corrected chi connectivity index (χ0v) is 10.2. The van der Waals surface area contributed by atoms with Gasteiger partial charge in [0.05, 0.1) is 6.20 Å². The molecule has 0 amide bonds. The molecule has 2 aromatic rings. The molecule has 1 heterocycles. The fourth-order valence-electron chi connectivity index (χ4n) is 1.63. The Labute approximate surface area is 102 Å². The summed E-state index contributed by atoms with van der Waals surface area (Å²) in [4.78, 5) is 0. The highest BCUT2D eigenvalue weighted by molar-refractivity contribution is 7.72. The number of aryl methyl sites for hydroxylation is 1. The standard InChI is InChI=1S/C12H14N2O2S/c15-17(16)8-4-7-14-10-12(9-13-14)11-5-2-1-3-6-11/h1-3,5-6,9-10,17H,4,7-8H2. The third kappa shape index (κ3) is 3.42. The molecule has 0 fully saturated rings. The van der Waals surface area contributed by atoms with Gasteiger partial charge in [0, 0.05) is 24.1 Å². The average Bonchev–Trinajstić information content (AvgIpc) is 2.78. The van der Waals surface area contributed by atoms with Crippen molar-refractivity contribution in [2.45, 2.75) is 13.0 Å². The minimum atomic E-state index is -2.27. The molecule has 0 aliphatic carbocycles. The van der Waals surface area contributed by atoms with Gasteiger partial charge in [0.1, 0.15) is 10.7 Å². The molecule has 0 radical (unpaired) electrons. The molecule has 0 aliphatic heterocycles. The molecule has 4 nitrogen and oxygen atoms in total. The van der Waals surface area contributed by atoms with Gasteiger partial charge in [-0.2, -0.15) is 5.10 Å². The van der Waals surface area contributed by atoms with E-state index in [0.717, 1.165) is 11.1 Å². The fraction of sp³-hybridized carbons (Fsp3) is 0.250. The van der Waals surface area contributed by atoms with Crippen LogP contribution < -0.4 is 0 Å².